The summed E-state index contributed by atoms with van der Waals surface area (Å²) >= 11 is 0. The van der Waals surface area contributed by atoms with Crippen molar-refractivity contribution in [2.45, 2.75) is 0 Å². The summed E-state index contributed by atoms with van der Waals surface area (Å²) in [5.41, 5.74) is 0. The zero-order valence-corrected chi connectivity index (χ0v) is 4.56. The SMILES string of the molecule is OBO.[Zr]. The summed E-state index contributed by atoms with van der Waals surface area (Å²) in [5, 5.41) is 14.2. The van der Waals surface area contributed by atoms with Gasteiger partial charge in [0.05, 0.1) is 0 Å². The van der Waals surface area contributed by atoms with Crippen LogP contribution >= 0.6 is 0 Å². The van der Waals surface area contributed by atoms with Gasteiger partial charge in [-0.05, 0) is 0 Å². The minimum Gasteiger partial charge on any atom is -0.430 e. The van der Waals surface area contributed by atoms with Crippen molar-refractivity contribution in [2.75, 3.05) is 0 Å². The van der Waals surface area contributed by atoms with Gasteiger partial charge in [0.25, 0.3) is 0 Å². The van der Waals surface area contributed by atoms with E-state index in [1.54, 1.807) is 0 Å². The number of hydrogen-bond acceptors (Lipinski definition) is 2. The van der Waals surface area contributed by atoms with Crippen molar-refractivity contribution in [1.29, 1.82) is 0 Å². The van der Waals surface area contributed by atoms with Crippen LogP contribution in [0.2, 0.25) is 0 Å². The van der Waals surface area contributed by atoms with E-state index in [1.165, 1.54) is 0 Å². The van der Waals surface area contributed by atoms with Crippen molar-refractivity contribution in [3.63, 3.8) is 0 Å². The standard InChI is InChI=1S/BH3O2.Zr/c2-1-3;/h1-3H;. The first-order valence-corrected chi connectivity index (χ1v) is 0.632. The normalized spacial score (nSPS) is 3.50. The maximum absolute atomic E-state index is 7.12. The Labute approximate surface area is 44.3 Å². The topological polar surface area (TPSA) is 40.5 Å². The molecular weight excluding hydrogens is 134 g/mol. The van der Waals surface area contributed by atoms with Crippen LogP contribution in [0.15, 0.2) is 0 Å². The zero-order valence-electron chi connectivity index (χ0n) is 2.10. The Kier molecular flexibility index (Phi) is 20.2. The molecule has 0 aliphatic carbocycles. The van der Waals surface area contributed by atoms with E-state index in [9.17, 15) is 0 Å². The minimum absolute atomic E-state index is 0. The smallest absolute Gasteiger partial charge is 0.430 e. The Morgan fingerprint density at radius 1 is 1.25 bits per heavy atom. The van der Waals surface area contributed by atoms with Gasteiger partial charge < -0.3 is 10.0 Å². The van der Waals surface area contributed by atoms with Crippen LogP contribution in [-0.4, -0.2) is 17.7 Å². The molecule has 0 amide bonds. The molecule has 0 radical (unpaired) electrons. The van der Waals surface area contributed by atoms with Gasteiger partial charge >= 0.3 is 7.69 Å². The largest absolute Gasteiger partial charge is 0.432 e. The van der Waals surface area contributed by atoms with Crippen LogP contribution in [0.3, 0.4) is 0 Å². The van der Waals surface area contributed by atoms with Gasteiger partial charge in [0, 0.05) is 26.2 Å². The molecule has 0 atom stereocenters. The minimum atomic E-state index is -0.750. The third kappa shape index (κ3) is 13.3. The van der Waals surface area contributed by atoms with Gasteiger partial charge in [-0.3, -0.25) is 0 Å². The van der Waals surface area contributed by atoms with Crippen LogP contribution in [0.5, 0.6) is 0 Å². The summed E-state index contributed by atoms with van der Waals surface area (Å²) in [6.45, 7) is 0. The van der Waals surface area contributed by atoms with E-state index >= 15 is 0 Å². The molecule has 0 fully saturated rings. The van der Waals surface area contributed by atoms with E-state index in [-0.39, 0.29) is 26.2 Å². The van der Waals surface area contributed by atoms with Gasteiger partial charge in [-0.2, -0.15) is 0 Å². The molecule has 0 rings (SSSR count). The molecule has 0 spiro atoms. The fraction of sp³-hybridized carbons (Fsp3) is 0. The van der Waals surface area contributed by atoms with E-state index in [1.807, 2.05) is 0 Å². The van der Waals surface area contributed by atoms with E-state index < -0.39 is 7.69 Å². The quantitative estimate of drug-likeness (QED) is 0.388. The molecular formula is H3BO2Zr. The van der Waals surface area contributed by atoms with Crippen LogP contribution in [0.4, 0.5) is 0 Å². The van der Waals surface area contributed by atoms with Crippen molar-refractivity contribution >= 4 is 7.69 Å². The van der Waals surface area contributed by atoms with Crippen molar-refractivity contribution < 1.29 is 36.3 Å². The van der Waals surface area contributed by atoms with Crippen molar-refractivity contribution in [2.24, 2.45) is 0 Å². The van der Waals surface area contributed by atoms with E-state index in [2.05, 4.69) is 0 Å². The third-order valence-corrected chi connectivity index (χ3v) is 0. The van der Waals surface area contributed by atoms with E-state index in [4.69, 9.17) is 10.0 Å². The van der Waals surface area contributed by atoms with Crippen molar-refractivity contribution in [3.05, 3.63) is 0 Å². The first kappa shape index (κ1) is 8.85. The predicted molar refractivity (Wildman–Crippen MR) is 11.6 cm³/mol. The second-order valence-corrected chi connectivity index (χ2v) is 0.141. The molecule has 0 unspecified atom stereocenters. The van der Waals surface area contributed by atoms with Gasteiger partial charge in [0.1, 0.15) is 0 Å². The summed E-state index contributed by atoms with van der Waals surface area (Å²) in [6, 6.07) is 0. The van der Waals surface area contributed by atoms with Crippen LogP contribution in [0, 0.1) is 0 Å². The molecule has 2 nitrogen and oxygen atoms in total. The van der Waals surface area contributed by atoms with Crippen LogP contribution in [0.1, 0.15) is 0 Å². The molecule has 0 aromatic carbocycles. The summed E-state index contributed by atoms with van der Waals surface area (Å²) in [6.07, 6.45) is 0. The summed E-state index contributed by atoms with van der Waals surface area (Å²) < 4.78 is 0. The van der Waals surface area contributed by atoms with Crippen LogP contribution in [-0.2, 0) is 26.2 Å². The number of hydrogen-bond donors (Lipinski definition) is 2. The van der Waals surface area contributed by atoms with Crippen LogP contribution < -0.4 is 0 Å². The Morgan fingerprint density at radius 3 is 1.25 bits per heavy atom. The Balaban J connectivity index is 0. The first-order valence-electron chi connectivity index (χ1n) is 0.632. The Bertz CT molecular complexity index is 6.00. The average molecular weight is 137 g/mol. The summed E-state index contributed by atoms with van der Waals surface area (Å²) in [4.78, 5) is 0. The first-order chi connectivity index (χ1) is 1.41. The molecule has 0 aromatic heterocycles. The molecule has 0 bridgehead atoms. The van der Waals surface area contributed by atoms with Gasteiger partial charge in [-0.1, -0.05) is 0 Å². The van der Waals surface area contributed by atoms with Gasteiger partial charge in [-0.15, -0.1) is 0 Å². The molecule has 22 valence electrons. The van der Waals surface area contributed by atoms with E-state index in [0.29, 0.717) is 0 Å². The number of rotatable bonds is 0. The monoisotopic (exact) mass is 136 g/mol. The van der Waals surface area contributed by atoms with Crippen LogP contribution in [0.25, 0.3) is 0 Å². The summed E-state index contributed by atoms with van der Waals surface area (Å²) in [7, 11) is -0.750. The summed E-state index contributed by atoms with van der Waals surface area (Å²) in [5.74, 6) is 0. The molecule has 4 heteroatoms. The maximum Gasteiger partial charge on any atom is 0.432 e. The molecule has 0 aliphatic rings. The second-order valence-electron chi connectivity index (χ2n) is 0.141. The van der Waals surface area contributed by atoms with Crippen molar-refractivity contribution in [3.8, 4) is 0 Å². The van der Waals surface area contributed by atoms with Gasteiger partial charge in [0.15, 0.2) is 0 Å². The molecule has 0 heterocycles. The molecule has 0 saturated carbocycles. The molecule has 0 saturated heterocycles. The fourth-order valence-corrected chi connectivity index (χ4v) is 0. The molecule has 0 aliphatic heterocycles. The zero-order chi connectivity index (χ0) is 2.71. The molecule has 2 N–H and O–H groups in total. The Hall–Kier alpha value is 0.868. The second kappa shape index (κ2) is 9.12. The van der Waals surface area contributed by atoms with E-state index in [0.717, 1.165) is 0 Å². The maximum atomic E-state index is 7.12. The fourth-order valence-electron chi connectivity index (χ4n) is 0. The predicted octanol–water partition coefficient (Wildman–Crippen LogP) is -1.77. The molecule has 4 heavy (non-hydrogen) atoms. The van der Waals surface area contributed by atoms with Crippen molar-refractivity contribution in [1.82, 2.24) is 0 Å². The Morgan fingerprint density at radius 2 is 1.25 bits per heavy atom. The van der Waals surface area contributed by atoms with Gasteiger partial charge in [-0.25, -0.2) is 0 Å². The molecule has 0 aromatic rings. The third-order valence-electron chi connectivity index (χ3n) is 0. The van der Waals surface area contributed by atoms with Gasteiger partial charge in [0.2, 0.25) is 0 Å². The average Bonchev–Trinajstić information content (AvgIpc) is 0.918.